The number of esters is 1. The zero-order valence-corrected chi connectivity index (χ0v) is 13.9. The fourth-order valence-corrected chi connectivity index (χ4v) is 3.52. The van der Waals surface area contributed by atoms with Crippen LogP contribution >= 0.6 is 0 Å². The lowest BCUT2D eigenvalue weighted by atomic mass is 9.77. The van der Waals surface area contributed by atoms with Crippen LogP contribution in [0.1, 0.15) is 42.0 Å². The number of rotatable bonds is 3. The van der Waals surface area contributed by atoms with Gasteiger partial charge in [-0.05, 0) is 50.8 Å². The van der Waals surface area contributed by atoms with E-state index in [1.165, 1.54) is 21.7 Å². The molecule has 0 N–H and O–H groups in total. The van der Waals surface area contributed by atoms with Gasteiger partial charge in [0, 0.05) is 17.9 Å². The van der Waals surface area contributed by atoms with E-state index in [1.807, 2.05) is 0 Å². The first-order valence-electron chi connectivity index (χ1n) is 8.14. The van der Waals surface area contributed by atoms with Crippen LogP contribution in [0.2, 0.25) is 0 Å². The molecule has 0 fully saturated rings. The van der Waals surface area contributed by atoms with E-state index in [0.29, 0.717) is 13.0 Å². The van der Waals surface area contributed by atoms with E-state index in [4.69, 9.17) is 4.74 Å². The third-order valence-electron chi connectivity index (χ3n) is 4.54. The number of nitrogens with zero attached hydrogens (tertiary/aromatic N) is 2. The number of aryl methyl sites for hydroxylation is 2. The van der Waals surface area contributed by atoms with E-state index in [1.54, 1.807) is 6.92 Å². The molecule has 0 saturated carbocycles. The lowest BCUT2D eigenvalue weighted by Gasteiger charge is -2.33. The molecular weight excluding hydrogens is 292 g/mol. The molecule has 1 aromatic rings. The van der Waals surface area contributed by atoms with Crippen molar-refractivity contribution in [1.29, 1.82) is 0 Å². The Kier molecular flexibility index (Phi) is 4.20. The summed E-state index contributed by atoms with van der Waals surface area (Å²) in [5.41, 5.74) is 5.87. The van der Waals surface area contributed by atoms with Crippen molar-refractivity contribution >= 4 is 17.6 Å². The molecular formula is C18H22N2O3. The van der Waals surface area contributed by atoms with Gasteiger partial charge in [0.2, 0.25) is 5.91 Å². The van der Waals surface area contributed by atoms with Crippen molar-refractivity contribution in [2.75, 3.05) is 13.2 Å². The maximum atomic E-state index is 12.2. The molecule has 23 heavy (non-hydrogen) atoms. The van der Waals surface area contributed by atoms with Crippen molar-refractivity contribution in [2.24, 2.45) is 11.0 Å². The van der Waals surface area contributed by atoms with Crippen molar-refractivity contribution in [2.45, 2.75) is 40.0 Å². The number of benzene rings is 1. The SMILES string of the molecule is CCOC(=O)CN1N=C2c3cc(C)cc(C)c3CCC2CC1=O. The molecule has 0 radical (unpaired) electrons. The molecule has 122 valence electrons. The molecule has 1 heterocycles. The van der Waals surface area contributed by atoms with Crippen LogP contribution < -0.4 is 0 Å². The number of fused-ring (bicyclic) bond motifs is 3. The summed E-state index contributed by atoms with van der Waals surface area (Å²) >= 11 is 0. The Labute approximate surface area is 136 Å². The van der Waals surface area contributed by atoms with Crippen LogP contribution in [-0.2, 0) is 20.7 Å². The predicted molar refractivity (Wildman–Crippen MR) is 87.2 cm³/mol. The molecule has 0 saturated heterocycles. The third-order valence-corrected chi connectivity index (χ3v) is 4.54. The zero-order valence-electron chi connectivity index (χ0n) is 13.9. The van der Waals surface area contributed by atoms with Gasteiger partial charge in [0.05, 0.1) is 12.3 Å². The average molecular weight is 314 g/mol. The smallest absolute Gasteiger partial charge is 0.327 e. The van der Waals surface area contributed by atoms with Crippen LogP contribution in [0.4, 0.5) is 0 Å². The van der Waals surface area contributed by atoms with Crippen LogP contribution in [0.3, 0.4) is 0 Å². The summed E-state index contributed by atoms with van der Waals surface area (Å²) in [4.78, 5) is 23.9. The van der Waals surface area contributed by atoms with Gasteiger partial charge in [-0.2, -0.15) is 5.10 Å². The largest absolute Gasteiger partial charge is 0.465 e. The highest BCUT2D eigenvalue weighted by Crippen LogP contribution is 2.34. The van der Waals surface area contributed by atoms with E-state index in [9.17, 15) is 9.59 Å². The number of hydrazone groups is 1. The minimum Gasteiger partial charge on any atom is -0.465 e. The highest BCUT2D eigenvalue weighted by Gasteiger charge is 2.35. The highest BCUT2D eigenvalue weighted by atomic mass is 16.5. The molecule has 0 bridgehead atoms. The van der Waals surface area contributed by atoms with E-state index < -0.39 is 5.97 Å². The molecule has 1 aliphatic heterocycles. The minimum atomic E-state index is -0.417. The number of hydrogen-bond donors (Lipinski definition) is 0. The fourth-order valence-electron chi connectivity index (χ4n) is 3.52. The Balaban J connectivity index is 1.97. The van der Waals surface area contributed by atoms with E-state index in [-0.39, 0.29) is 18.4 Å². The Bertz CT molecular complexity index is 694. The topological polar surface area (TPSA) is 59.0 Å². The van der Waals surface area contributed by atoms with Gasteiger partial charge < -0.3 is 4.74 Å². The van der Waals surface area contributed by atoms with Crippen LogP contribution in [0, 0.1) is 19.8 Å². The van der Waals surface area contributed by atoms with Crippen molar-refractivity contribution in [3.63, 3.8) is 0 Å². The first-order valence-corrected chi connectivity index (χ1v) is 8.14. The molecule has 1 aromatic carbocycles. The van der Waals surface area contributed by atoms with E-state index >= 15 is 0 Å². The van der Waals surface area contributed by atoms with Crippen LogP contribution in [0.25, 0.3) is 0 Å². The second-order valence-electron chi connectivity index (χ2n) is 6.29. The Morgan fingerprint density at radius 3 is 2.91 bits per heavy atom. The maximum absolute atomic E-state index is 12.2. The van der Waals surface area contributed by atoms with Crippen molar-refractivity contribution < 1.29 is 14.3 Å². The number of hydrogen-bond acceptors (Lipinski definition) is 4. The number of carbonyl (C=O) groups excluding carboxylic acids is 2. The summed E-state index contributed by atoms with van der Waals surface area (Å²) < 4.78 is 4.93. The number of ether oxygens (including phenoxy) is 1. The molecule has 5 heteroatoms. The minimum absolute atomic E-state index is 0.0976. The average Bonchev–Trinajstić information content (AvgIpc) is 2.48. The van der Waals surface area contributed by atoms with Crippen LogP contribution in [0.5, 0.6) is 0 Å². The summed E-state index contributed by atoms with van der Waals surface area (Å²) in [6.07, 6.45) is 2.34. The van der Waals surface area contributed by atoms with Gasteiger partial charge >= 0.3 is 5.97 Å². The molecule has 0 aromatic heterocycles. The maximum Gasteiger partial charge on any atom is 0.327 e. The summed E-state index contributed by atoms with van der Waals surface area (Å²) in [7, 11) is 0. The molecule has 1 atom stereocenters. The molecule has 5 nitrogen and oxygen atoms in total. The second kappa shape index (κ2) is 6.14. The fraction of sp³-hybridized carbons (Fsp3) is 0.500. The van der Waals surface area contributed by atoms with Crippen molar-refractivity contribution in [3.05, 3.63) is 34.4 Å². The van der Waals surface area contributed by atoms with Gasteiger partial charge in [0.25, 0.3) is 0 Å². The molecule has 1 aliphatic carbocycles. The summed E-state index contributed by atoms with van der Waals surface area (Å²) in [6, 6.07) is 4.33. The van der Waals surface area contributed by atoms with Gasteiger partial charge in [-0.15, -0.1) is 0 Å². The highest BCUT2D eigenvalue weighted by molar-refractivity contribution is 6.08. The number of amides is 1. The van der Waals surface area contributed by atoms with Crippen LogP contribution in [0.15, 0.2) is 17.2 Å². The normalized spacial score (nSPS) is 19.8. The van der Waals surface area contributed by atoms with Gasteiger partial charge in [0.15, 0.2) is 0 Å². The molecule has 3 rings (SSSR count). The first kappa shape index (κ1) is 15.7. The second-order valence-corrected chi connectivity index (χ2v) is 6.29. The van der Waals surface area contributed by atoms with Gasteiger partial charge in [0.1, 0.15) is 6.54 Å². The van der Waals surface area contributed by atoms with Gasteiger partial charge in [-0.25, -0.2) is 5.01 Å². The molecule has 0 spiro atoms. The Morgan fingerprint density at radius 2 is 2.17 bits per heavy atom. The Hall–Kier alpha value is -2.17. The third kappa shape index (κ3) is 3.00. The Morgan fingerprint density at radius 1 is 1.39 bits per heavy atom. The predicted octanol–water partition coefficient (Wildman–Crippen LogP) is 2.37. The monoisotopic (exact) mass is 314 g/mol. The quantitative estimate of drug-likeness (QED) is 0.805. The zero-order chi connectivity index (χ0) is 16.6. The lowest BCUT2D eigenvalue weighted by molar-refractivity contribution is -0.149. The van der Waals surface area contributed by atoms with Crippen molar-refractivity contribution in [3.8, 4) is 0 Å². The molecule has 2 aliphatic rings. The number of carbonyl (C=O) groups is 2. The van der Waals surface area contributed by atoms with E-state index in [2.05, 4.69) is 31.1 Å². The van der Waals surface area contributed by atoms with Gasteiger partial charge in [-0.3, -0.25) is 9.59 Å². The van der Waals surface area contributed by atoms with E-state index in [0.717, 1.165) is 24.1 Å². The summed E-state index contributed by atoms with van der Waals surface area (Å²) in [5, 5.41) is 5.80. The standard InChI is InChI=1S/C18H22N2O3/c1-4-23-17(22)10-20-16(21)9-13-5-6-14-12(3)7-11(2)8-15(14)18(13)19-20/h7-8,13H,4-6,9-10H2,1-3H3. The van der Waals surface area contributed by atoms with Gasteiger partial charge in [-0.1, -0.05) is 11.6 Å². The summed E-state index contributed by atoms with van der Waals surface area (Å²) in [6.45, 7) is 6.14. The molecule has 1 unspecified atom stereocenters. The lowest BCUT2D eigenvalue weighted by Crippen LogP contribution is -2.42. The van der Waals surface area contributed by atoms with Crippen LogP contribution in [-0.4, -0.2) is 35.7 Å². The summed E-state index contributed by atoms with van der Waals surface area (Å²) in [5.74, 6) is -0.352. The van der Waals surface area contributed by atoms with Crippen molar-refractivity contribution in [1.82, 2.24) is 5.01 Å². The first-order chi connectivity index (χ1) is 11.0. The molecule has 1 amide bonds.